The fourth-order valence-corrected chi connectivity index (χ4v) is 1.84. The fraction of sp³-hybridized carbons (Fsp3) is 0.444. The van der Waals surface area contributed by atoms with Crippen LogP contribution in [0.3, 0.4) is 0 Å². The van der Waals surface area contributed by atoms with Crippen molar-refractivity contribution in [3.8, 4) is 11.8 Å². The third-order valence-electron chi connectivity index (χ3n) is 3.21. The number of unbranched alkanes of at least 4 members (excludes halogenated alkanes) is 1. The molecule has 0 aliphatic heterocycles. The van der Waals surface area contributed by atoms with E-state index in [1.807, 2.05) is 24.3 Å². The minimum absolute atomic E-state index is 0.0183. The second kappa shape index (κ2) is 12.0. The van der Waals surface area contributed by atoms with E-state index in [9.17, 15) is 4.79 Å². The number of ether oxygens (including phenoxy) is 2. The Kier molecular flexibility index (Phi) is 9.74. The van der Waals surface area contributed by atoms with Gasteiger partial charge in [-0.15, -0.1) is 0 Å². The first-order valence-electron chi connectivity index (χ1n) is 8.08. The van der Waals surface area contributed by atoms with Gasteiger partial charge >= 0.3 is 0 Å². The molecule has 6 nitrogen and oxygen atoms in total. The molecule has 0 saturated carbocycles. The van der Waals surface area contributed by atoms with Crippen LogP contribution in [0, 0.1) is 11.3 Å². The van der Waals surface area contributed by atoms with E-state index in [0.29, 0.717) is 18.9 Å². The zero-order valence-corrected chi connectivity index (χ0v) is 14.3. The van der Waals surface area contributed by atoms with Crippen molar-refractivity contribution in [1.82, 2.24) is 5.32 Å². The maximum absolute atomic E-state index is 11.9. The smallest absolute Gasteiger partial charge is 0.263 e. The van der Waals surface area contributed by atoms with Crippen molar-refractivity contribution in [2.45, 2.75) is 26.2 Å². The molecule has 0 aromatic heterocycles. The molecular formula is C18H25N3O3. The fourth-order valence-electron chi connectivity index (χ4n) is 1.84. The number of hydrogen-bond donors (Lipinski definition) is 2. The molecule has 2 N–H and O–H groups in total. The number of hydrogen-bond acceptors (Lipinski definition) is 5. The van der Waals surface area contributed by atoms with Crippen LogP contribution in [-0.2, 0) is 9.53 Å². The standard InChI is InChI=1S/C18H25N3O3/c1-3-4-10-24-11-6-9-20-18(22)15(13-19)14-21-16-7-5-8-17(12-16)23-2/h5,7-8,12,14,21H,3-4,6,9-11H2,1-2H3,(H,20,22)/b15-14-. The van der Waals surface area contributed by atoms with Gasteiger partial charge in [0.15, 0.2) is 0 Å². The van der Waals surface area contributed by atoms with E-state index in [4.69, 9.17) is 14.7 Å². The Balaban J connectivity index is 2.38. The molecule has 0 fully saturated rings. The quantitative estimate of drug-likeness (QED) is 0.370. The van der Waals surface area contributed by atoms with Gasteiger partial charge < -0.3 is 20.1 Å². The van der Waals surface area contributed by atoms with Gasteiger partial charge in [-0.05, 0) is 25.0 Å². The van der Waals surface area contributed by atoms with Gasteiger partial charge in [0.1, 0.15) is 17.4 Å². The summed E-state index contributed by atoms with van der Waals surface area (Å²) in [5, 5.41) is 14.7. The number of amides is 1. The number of carbonyl (C=O) groups excluding carboxylic acids is 1. The molecule has 0 bridgehead atoms. The monoisotopic (exact) mass is 331 g/mol. The predicted octanol–water partition coefficient (Wildman–Crippen LogP) is 2.84. The molecule has 1 rings (SSSR count). The molecule has 0 heterocycles. The lowest BCUT2D eigenvalue weighted by Gasteiger charge is -2.07. The van der Waals surface area contributed by atoms with E-state index in [2.05, 4.69) is 17.6 Å². The summed E-state index contributed by atoms with van der Waals surface area (Å²) in [4.78, 5) is 11.9. The summed E-state index contributed by atoms with van der Waals surface area (Å²) in [7, 11) is 1.58. The zero-order chi connectivity index (χ0) is 17.6. The third-order valence-corrected chi connectivity index (χ3v) is 3.21. The summed E-state index contributed by atoms with van der Waals surface area (Å²) in [6.45, 7) is 3.94. The normalized spacial score (nSPS) is 10.8. The molecule has 0 atom stereocenters. The lowest BCUT2D eigenvalue weighted by molar-refractivity contribution is -0.117. The molecule has 0 unspecified atom stereocenters. The first kappa shape index (κ1) is 19.5. The Morgan fingerprint density at radius 2 is 2.12 bits per heavy atom. The molecule has 130 valence electrons. The van der Waals surface area contributed by atoms with Crippen molar-refractivity contribution in [3.63, 3.8) is 0 Å². The average Bonchev–Trinajstić information content (AvgIpc) is 2.61. The van der Waals surface area contributed by atoms with Crippen LogP contribution in [0.2, 0.25) is 0 Å². The van der Waals surface area contributed by atoms with E-state index >= 15 is 0 Å². The third kappa shape index (κ3) is 7.65. The highest BCUT2D eigenvalue weighted by Crippen LogP contribution is 2.16. The molecule has 0 radical (unpaired) electrons. The van der Waals surface area contributed by atoms with Gasteiger partial charge in [0, 0.05) is 37.7 Å². The molecule has 1 amide bonds. The maximum atomic E-state index is 11.9. The van der Waals surface area contributed by atoms with Crippen molar-refractivity contribution in [3.05, 3.63) is 36.0 Å². The van der Waals surface area contributed by atoms with Crippen LogP contribution in [0.1, 0.15) is 26.2 Å². The minimum atomic E-state index is -0.401. The van der Waals surface area contributed by atoms with Gasteiger partial charge in [0.2, 0.25) is 0 Å². The molecule has 0 spiro atoms. The lowest BCUT2D eigenvalue weighted by Crippen LogP contribution is -2.26. The molecule has 0 saturated heterocycles. The number of methoxy groups -OCH3 is 1. The molecular weight excluding hydrogens is 306 g/mol. The SMILES string of the molecule is CCCCOCCCNC(=O)/C(C#N)=C\Nc1cccc(OC)c1. The predicted molar refractivity (Wildman–Crippen MR) is 93.7 cm³/mol. The average molecular weight is 331 g/mol. The number of nitrogens with zero attached hydrogens (tertiary/aromatic N) is 1. The van der Waals surface area contributed by atoms with E-state index < -0.39 is 5.91 Å². The van der Waals surface area contributed by atoms with Gasteiger partial charge in [-0.2, -0.15) is 5.26 Å². The number of benzene rings is 1. The van der Waals surface area contributed by atoms with Crippen LogP contribution in [0.25, 0.3) is 0 Å². The van der Waals surface area contributed by atoms with Crippen LogP contribution in [-0.4, -0.2) is 32.8 Å². The first-order chi connectivity index (χ1) is 11.7. The number of carbonyl (C=O) groups is 1. The summed E-state index contributed by atoms with van der Waals surface area (Å²) in [6, 6.07) is 9.12. The van der Waals surface area contributed by atoms with E-state index in [1.54, 1.807) is 13.2 Å². The number of nitriles is 1. The van der Waals surface area contributed by atoms with Gasteiger partial charge in [0.05, 0.1) is 7.11 Å². The number of nitrogens with one attached hydrogen (secondary N) is 2. The summed E-state index contributed by atoms with van der Waals surface area (Å²) in [5.74, 6) is 0.292. The van der Waals surface area contributed by atoms with Crippen molar-refractivity contribution >= 4 is 11.6 Å². The Morgan fingerprint density at radius 1 is 1.33 bits per heavy atom. The Labute approximate surface area is 143 Å². The Morgan fingerprint density at radius 3 is 2.83 bits per heavy atom. The largest absolute Gasteiger partial charge is 0.497 e. The molecule has 24 heavy (non-hydrogen) atoms. The summed E-state index contributed by atoms with van der Waals surface area (Å²) in [6.07, 6.45) is 4.26. The highest BCUT2D eigenvalue weighted by molar-refractivity contribution is 5.97. The molecule has 1 aromatic carbocycles. The van der Waals surface area contributed by atoms with Crippen LogP contribution in [0.15, 0.2) is 36.0 Å². The Bertz CT molecular complexity index is 579. The summed E-state index contributed by atoms with van der Waals surface area (Å²) < 4.78 is 10.5. The van der Waals surface area contributed by atoms with Crippen LogP contribution in [0.5, 0.6) is 5.75 Å². The van der Waals surface area contributed by atoms with E-state index in [0.717, 1.165) is 31.6 Å². The maximum Gasteiger partial charge on any atom is 0.263 e. The van der Waals surface area contributed by atoms with Crippen LogP contribution >= 0.6 is 0 Å². The second-order valence-corrected chi connectivity index (χ2v) is 5.12. The number of rotatable bonds is 11. The topological polar surface area (TPSA) is 83.4 Å². The van der Waals surface area contributed by atoms with Crippen molar-refractivity contribution in [1.29, 1.82) is 5.26 Å². The second-order valence-electron chi connectivity index (χ2n) is 5.12. The molecule has 1 aromatic rings. The van der Waals surface area contributed by atoms with Crippen molar-refractivity contribution in [2.75, 3.05) is 32.2 Å². The molecule has 6 heteroatoms. The minimum Gasteiger partial charge on any atom is -0.497 e. The van der Waals surface area contributed by atoms with Crippen molar-refractivity contribution < 1.29 is 14.3 Å². The number of anilines is 1. The van der Waals surface area contributed by atoms with Gasteiger partial charge in [-0.1, -0.05) is 19.4 Å². The van der Waals surface area contributed by atoms with E-state index in [-0.39, 0.29) is 5.57 Å². The molecule has 0 aliphatic rings. The lowest BCUT2D eigenvalue weighted by atomic mass is 10.2. The summed E-state index contributed by atoms with van der Waals surface area (Å²) in [5.41, 5.74) is 0.754. The van der Waals surface area contributed by atoms with Crippen LogP contribution in [0.4, 0.5) is 5.69 Å². The first-order valence-corrected chi connectivity index (χ1v) is 8.08. The van der Waals surface area contributed by atoms with Gasteiger partial charge in [-0.25, -0.2) is 0 Å². The van der Waals surface area contributed by atoms with Crippen molar-refractivity contribution in [2.24, 2.45) is 0 Å². The van der Waals surface area contributed by atoms with Gasteiger partial charge in [-0.3, -0.25) is 4.79 Å². The molecule has 0 aliphatic carbocycles. The summed E-state index contributed by atoms with van der Waals surface area (Å²) >= 11 is 0. The van der Waals surface area contributed by atoms with E-state index in [1.165, 1.54) is 6.20 Å². The zero-order valence-electron chi connectivity index (χ0n) is 14.3. The Hall–Kier alpha value is -2.52. The van der Waals surface area contributed by atoms with Crippen LogP contribution < -0.4 is 15.4 Å². The van der Waals surface area contributed by atoms with Gasteiger partial charge in [0.25, 0.3) is 5.91 Å². The highest BCUT2D eigenvalue weighted by Gasteiger charge is 2.07. The highest BCUT2D eigenvalue weighted by atomic mass is 16.5.